The number of carbonyl (C=O) groups is 1. The maximum absolute atomic E-state index is 10.8. The summed E-state index contributed by atoms with van der Waals surface area (Å²) < 4.78 is 7.12. The van der Waals surface area contributed by atoms with E-state index in [1.165, 1.54) is 13.8 Å². The second-order valence-corrected chi connectivity index (χ2v) is 3.48. The van der Waals surface area contributed by atoms with Gasteiger partial charge in [-0.15, -0.1) is 0 Å². The van der Waals surface area contributed by atoms with Crippen molar-refractivity contribution in [1.29, 1.82) is 0 Å². The summed E-state index contributed by atoms with van der Waals surface area (Å²) in [4.78, 5) is 18.5. The number of esters is 1. The summed E-state index contributed by atoms with van der Waals surface area (Å²) in [5, 5.41) is 12.4. The van der Waals surface area contributed by atoms with E-state index >= 15 is 0 Å². The zero-order valence-corrected chi connectivity index (χ0v) is 11.9. The Hall–Kier alpha value is 0.434. The van der Waals surface area contributed by atoms with Gasteiger partial charge in [-0.3, -0.25) is 16.6 Å². The Labute approximate surface area is 124 Å². The van der Waals surface area contributed by atoms with Gasteiger partial charge in [-0.25, -0.2) is 0 Å². The van der Waals surface area contributed by atoms with Crippen LogP contribution >= 0.6 is 12.0 Å². The van der Waals surface area contributed by atoms with Crippen LogP contribution in [0, 0.1) is 7.11 Å². The molecule has 0 unspecified atom stereocenters. The fourth-order valence-electron chi connectivity index (χ4n) is 0.307. The van der Waals surface area contributed by atoms with Gasteiger partial charge in [-0.1, -0.05) is 7.43 Å². The molecule has 1 radical (unpaired) electrons. The molecule has 0 amide bonds. The van der Waals surface area contributed by atoms with Gasteiger partial charge >= 0.3 is 0 Å². The molecule has 0 aliphatic heterocycles. The quantitative estimate of drug-likeness (QED) is 0.170. The minimum atomic E-state index is -0.994. The van der Waals surface area contributed by atoms with Crippen LogP contribution in [-0.2, 0) is 56.4 Å². The average Bonchev–Trinajstić information content (AvgIpc) is 2.16. The maximum Gasteiger partial charge on any atom is 0.292 e. The Morgan fingerprint density at radius 3 is 2.06 bits per heavy atom. The Morgan fingerprint density at radius 1 is 1.44 bits per heavy atom. The van der Waals surface area contributed by atoms with E-state index in [9.17, 15) is 10.1 Å². The first-order chi connectivity index (χ1) is 6.04. The summed E-state index contributed by atoms with van der Waals surface area (Å²) in [5.41, 5.74) is 0. The van der Waals surface area contributed by atoms with Gasteiger partial charge in [0, 0.05) is 44.8 Å². The van der Waals surface area contributed by atoms with Gasteiger partial charge in [-0.2, -0.15) is 11.4 Å². The smallest absolute Gasteiger partial charge is 0.292 e. The molecule has 0 saturated carbocycles. The molecule has 0 aliphatic rings. The molecular weight excluding hydrogens is 317 g/mol. The van der Waals surface area contributed by atoms with Crippen molar-refractivity contribution in [3.05, 3.63) is 7.11 Å². The third-order valence-corrected chi connectivity index (χ3v) is 1.60. The fraction of sp³-hybridized carbons (Fsp3) is 0.571. The summed E-state index contributed by atoms with van der Waals surface area (Å²) in [6.07, 6.45) is 0. The standard InChI is InChI=1S/C5H9O5S.CHO.CH4.H2O.Y/c1-5(2,4(6)8-3)11-10-9-7;1-2;;;/h7H,3H2,1-2H3;1H;1H4;1H2;/q2*-1;;;/p-1. The van der Waals surface area contributed by atoms with Gasteiger partial charge < -0.3 is 20.3 Å². The number of carbonyl (C=O) groups excluding carboxylic acids is 2. The van der Waals surface area contributed by atoms with E-state index in [1.54, 1.807) is 0 Å². The minimum absolute atomic E-state index is 0. The molecule has 0 fully saturated rings. The minimum Gasteiger partial charge on any atom is -0.691 e. The van der Waals surface area contributed by atoms with Crippen molar-refractivity contribution < 1.29 is 67.1 Å². The molecule has 0 atom stereocenters. The first-order valence-corrected chi connectivity index (χ1v) is 3.63. The molecule has 16 heavy (non-hydrogen) atoms. The molecule has 0 aromatic carbocycles. The van der Waals surface area contributed by atoms with Crippen molar-refractivity contribution in [2.45, 2.75) is 26.0 Å². The predicted octanol–water partition coefficient (Wildman–Crippen LogP) is -0.494. The number of hydrogen-bond donors (Lipinski definition) is 0. The SMILES string of the molecule is C.O.[CH-]=O.[CH2-]OC(=O)C(C)(C)SOO[O-].[Y]. The summed E-state index contributed by atoms with van der Waals surface area (Å²) in [7, 11) is 2.92. The molecule has 0 spiro atoms. The Bertz CT molecular complexity index is 156. The monoisotopic (exact) mass is 332 g/mol. The van der Waals surface area contributed by atoms with E-state index in [0.29, 0.717) is 12.0 Å². The molecule has 0 aromatic rings. The van der Waals surface area contributed by atoms with Crippen molar-refractivity contribution in [2.24, 2.45) is 0 Å². The molecule has 2 N–H and O–H groups in total. The normalized spacial score (nSPS) is 8.00. The molecule has 0 aliphatic carbocycles. The Balaban J connectivity index is -0.0000000760. The maximum atomic E-state index is 10.8. The van der Waals surface area contributed by atoms with Crippen LogP contribution in [-0.4, -0.2) is 23.0 Å². The van der Waals surface area contributed by atoms with E-state index in [1.807, 2.05) is 0 Å². The van der Waals surface area contributed by atoms with Crippen LogP contribution < -0.4 is 5.26 Å². The first kappa shape index (κ1) is 29.9. The van der Waals surface area contributed by atoms with Gasteiger partial charge in [0.15, 0.2) is 0 Å². The van der Waals surface area contributed by atoms with Gasteiger partial charge in [0.2, 0.25) is 0 Å². The Morgan fingerprint density at radius 2 is 1.81 bits per heavy atom. The Kier molecular flexibility index (Phi) is 33.3. The largest absolute Gasteiger partial charge is 0.691 e. The van der Waals surface area contributed by atoms with Crippen molar-refractivity contribution in [2.75, 3.05) is 0 Å². The topological polar surface area (TPSA) is 116 Å². The van der Waals surface area contributed by atoms with Gasteiger partial charge in [-0.05, 0) is 13.8 Å². The van der Waals surface area contributed by atoms with E-state index < -0.39 is 10.7 Å². The van der Waals surface area contributed by atoms with Gasteiger partial charge in [0.05, 0.1) is 0 Å². The van der Waals surface area contributed by atoms with Crippen LogP contribution in [0.1, 0.15) is 21.3 Å². The molecule has 97 valence electrons. The van der Waals surface area contributed by atoms with Crippen LogP contribution in [0.15, 0.2) is 0 Å². The van der Waals surface area contributed by atoms with E-state index in [2.05, 4.69) is 28.0 Å². The molecule has 0 rings (SSSR count). The molecule has 0 heterocycles. The van der Waals surface area contributed by atoms with Crippen LogP contribution in [0.2, 0.25) is 0 Å². The van der Waals surface area contributed by atoms with Crippen LogP contribution in [0.4, 0.5) is 0 Å². The van der Waals surface area contributed by atoms with E-state index in [0.717, 1.165) is 0 Å². The van der Waals surface area contributed by atoms with Crippen LogP contribution in [0.5, 0.6) is 0 Å². The summed E-state index contributed by atoms with van der Waals surface area (Å²) in [5.74, 6) is -0.598. The second-order valence-electron chi connectivity index (χ2n) is 2.16. The van der Waals surface area contributed by atoms with E-state index in [4.69, 9.17) is 4.79 Å². The number of rotatable bonds is 4. The van der Waals surface area contributed by atoms with Crippen LogP contribution in [0.25, 0.3) is 0 Å². The predicted molar refractivity (Wildman–Crippen MR) is 52.4 cm³/mol. The average molecular weight is 332 g/mol. The van der Waals surface area contributed by atoms with Crippen molar-refractivity contribution in [3.8, 4) is 0 Å². The molecule has 9 heteroatoms. The molecule has 0 saturated heterocycles. The van der Waals surface area contributed by atoms with Crippen molar-refractivity contribution >= 4 is 24.8 Å². The molecule has 7 nitrogen and oxygen atoms in total. The molecule has 0 bridgehead atoms. The number of ether oxygens (including phenoxy) is 1. The zero-order chi connectivity index (χ0) is 10.9. The third-order valence-electron chi connectivity index (χ3n) is 0.893. The van der Waals surface area contributed by atoms with Crippen molar-refractivity contribution in [1.82, 2.24) is 0 Å². The first-order valence-electron chi connectivity index (χ1n) is 2.89. The van der Waals surface area contributed by atoms with Crippen molar-refractivity contribution in [3.63, 3.8) is 0 Å². The summed E-state index contributed by atoms with van der Waals surface area (Å²) in [6, 6.07) is 0. The van der Waals surface area contributed by atoms with Gasteiger partial charge in [0.1, 0.15) is 4.75 Å². The third kappa shape index (κ3) is 14.4. The fourth-order valence-corrected chi connectivity index (χ4v) is 0.632. The number of hydrogen-bond acceptors (Lipinski definition) is 7. The van der Waals surface area contributed by atoms with Gasteiger partial charge in [0.25, 0.3) is 5.97 Å². The zero-order valence-electron chi connectivity index (χ0n) is 8.22. The van der Waals surface area contributed by atoms with E-state index in [-0.39, 0.29) is 45.6 Å². The molecular formula is C7H15O7SY-3. The van der Waals surface area contributed by atoms with Crippen LogP contribution in [0.3, 0.4) is 0 Å². The summed E-state index contributed by atoms with van der Waals surface area (Å²) >= 11 is 0.562. The molecule has 0 aromatic heterocycles. The summed E-state index contributed by atoms with van der Waals surface area (Å²) in [6.45, 7) is 6.26. The second kappa shape index (κ2) is 17.8.